The molecule has 32 heavy (non-hydrogen) atoms. The van der Waals surface area contributed by atoms with E-state index in [0.717, 1.165) is 23.3 Å². The highest BCUT2D eigenvalue weighted by atomic mass is 35.5. The van der Waals surface area contributed by atoms with Gasteiger partial charge in [-0.05, 0) is 54.5 Å². The standard InChI is InChI=1S/C25H27ClN2O3.CH4/c1-16(2)23(27-24(29)22-15-19-5-3-4-6-21(19)31-22)25(30)28-13-11-18(12-14-28)17-7-9-20(26)10-8-17;/h3-10,15-16,18,23H,11-14H2,1-2H3,(H,27,29);1H4/t23-;/m1./s1. The van der Waals surface area contributed by atoms with Crippen LogP contribution in [-0.2, 0) is 4.79 Å². The summed E-state index contributed by atoms with van der Waals surface area (Å²) in [4.78, 5) is 27.9. The lowest BCUT2D eigenvalue weighted by atomic mass is 9.89. The first kappa shape index (κ1) is 23.9. The maximum Gasteiger partial charge on any atom is 0.287 e. The Bertz CT molecular complexity index is 1030. The van der Waals surface area contributed by atoms with Gasteiger partial charge in [-0.25, -0.2) is 0 Å². The molecule has 0 aliphatic carbocycles. The minimum absolute atomic E-state index is 0. The number of nitrogens with zero attached hydrogens (tertiary/aromatic N) is 1. The van der Waals surface area contributed by atoms with Crippen LogP contribution in [0.15, 0.2) is 59.0 Å². The van der Waals surface area contributed by atoms with E-state index in [4.69, 9.17) is 16.0 Å². The third kappa shape index (κ3) is 5.16. The van der Waals surface area contributed by atoms with Crippen LogP contribution in [0.3, 0.4) is 0 Å². The molecular weight excluding hydrogens is 424 g/mol. The molecule has 0 saturated carbocycles. The zero-order chi connectivity index (χ0) is 22.0. The maximum absolute atomic E-state index is 13.2. The second-order valence-corrected chi connectivity index (χ2v) is 8.93. The number of hydrogen-bond donors (Lipinski definition) is 1. The van der Waals surface area contributed by atoms with Crippen LogP contribution < -0.4 is 5.32 Å². The Morgan fingerprint density at radius 3 is 2.34 bits per heavy atom. The Hall–Kier alpha value is -2.79. The van der Waals surface area contributed by atoms with Gasteiger partial charge in [0.15, 0.2) is 5.76 Å². The molecular formula is C26H31ClN2O3. The third-order valence-corrected chi connectivity index (χ3v) is 6.27. The smallest absolute Gasteiger partial charge is 0.287 e. The monoisotopic (exact) mass is 454 g/mol. The summed E-state index contributed by atoms with van der Waals surface area (Å²) in [5, 5.41) is 4.50. The molecule has 5 nitrogen and oxygen atoms in total. The van der Waals surface area contributed by atoms with E-state index >= 15 is 0 Å². The number of likely N-dealkylation sites (tertiary alicyclic amines) is 1. The molecule has 4 rings (SSSR count). The molecule has 1 aliphatic heterocycles. The predicted octanol–water partition coefficient (Wildman–Crippen LogP) is 5.88. The molecule has 1 fully saturated rings. The van der Waals surface area contributed by atoms with Gasteiger partial charge in [0, 0.05) is 23.5 Å². The zero-order valence-electron chi connectivity index (χ0n) is 17.8. The van der Waals surface area contributed by atoms with E-state index in [1.165, 1.54) is 5.56 Å². The SMILES string of the molecule is C.CC(C)[C@@H](NC(=O)c1cc2ccccc2o1)C(=O)N1CCC(c2ccc(Cl)cc2)CC1. The van der Waals surface area contributed by atoms with Crippen LogP contribution in [-0.4, -0.2) is 35.8 Å². The molecule has 0 unspecified atom stereocenters. The van der Waals surface area contributed by atoms with Gasteiger partial charge in [0.2, 0.25) is 5.91 Å². The molecule has 1 aromatic heterocycles. The summed E-state index contributed by atoms with van der Waals surface area (Å²) in [6.07, 6.45) is 1.80. The molecule has 3 aromatic rings. The topological polar surface area (TPSA) is 62.6 Å². The van der Waals surface area contributed by atoms with E-state index < -0.39 is 6.04 Å². The summed E-state index contributed by atoms with van der Waals surface area (Å²) in [6.45, 7) is 5.25. The first-order chi connectivity index (χ1) is 14.9. The highest BCUT2D eigenvalue weighted by Gasteiger charge is 2.32. The van der Waals surface area contributed by atoms with Gasteiger partial charge in [-0.1, -0.05) is 63.2 Å². The van der Waals surface area contributed by atoms with Crippen molar-refractivity contribution >= 4 is 34.4 Å². The molecule has 1 N–H and O–H groups in total. The molecule has 1 atom stereocenters. The lowest BCUT2D eigenvalue weighted by molar-refractivity contribution is -0.135. The van der Waals surface area contributed by atoms with E-state index in [9.17, 15) is 9.59 Å². The van der Waals surface area contributed by atoms with E-state index in [1.54, 1.807) is 6.07 Å². The molecule has 0 spiro atoms. The number of benzene rings is 2. The summed E-state index contributed by atoms with van der Waals surface area (Å²) in [6, 6.07) is 16.6. The van der Waals surface area contributed by atoms with Crippen molar-refractivity contribution in [2.24, 2.45) is 5.92 Å². The fraction of sp³-hybridized carbons (Fsp3) is 0.385. The van der Waals surface area contributed by atoms with Crippen LogP contribution >= 0.6 is 11.6 Å². The van der Waals surface area contributed by atoms with Gasteiger partial charge in [0.25, 0.3) is 5.91 Å². The zero-order valence-corrected chi connectivity index (χ0v) is 18.6. The van der Waals surface area contributed by atoms with Crippen molar-refractivity contribution in [1.29, 1.82) is 0 Å². The number of amides is 2. The Morgan fingerprint density at radius 2 is 1.72 bits per heavy atom. The molecule has 1 aliphatic rings. The van der Waals surface area contributed by atoms with Crippen molar-refractivity contribution in [3.63, 3.8) is 0 Å². The van der Waals surface area contributed by atoms with Crippen molar-refractivity contribution in [1.82, 2.24) is 10.2 Å². The van der Waals surface area contributed by atoms with Crippen molar-refractivity contribution in [2.75, 3.05) is 13.1 Å². The van der Waals surface area contributed by atoms with Crippen LogP contribution in [0, 0.1) is 5.92 Å². The van der Waals surface area contributed by atoms with Crippen molar-refractivity contribution in [3.8, 4) is 0 Å². The van der Waals surface area contributed by atoms with Crippen LogP contribution in [0.25, 0.3) is 11.0 Å². The summed E-state index contributed by atoms with van der Waals surface area (Å²) in [5.41, 5.74) is 1.92. The quantitative estimate of drug-likeness (QED) is 0.523. The summed E-state index contributed by atoms with van der Waals surface area (Å²) in [7, 11) is 0. The molecule has 170 valence electrons. The molecule has 2 heterocycles. The number of nitrogens with one attached hydrogen (secondary N) is 1. The van der Waals surface area contributed by atoms with Gasteiger partial charge in [0.1, 0.15) is 11.6 Å². The van der Waals surface area contributed by atoms with Crippen LogP contribution in [0.2, 0.25) is 5.02 Å². The molecule has 6 heteroatoms. The average molecular weight is 455 g/mol. The first-order valence-electron chi connectivity index (χ1n) is 10.8. The molecule has 0 bridgehead atoms. The summed E-state index contributed by atoms with van der Waals surface area (Å²) >= 11 is 5.99. The van der Waals surface area contributed by atoms with Gasteiger partial charge in [-0.2, -0.15) is 0 Å². The van der Waals surface area contributed by atoms with Crippen LogP contribution in [0.5, 0.6) is 0 Å². The minimum Gasteiger partial charge on any atom is -0.451 e. The van der Waals surface area contributed by atoms with Crippen LogP contribution in [0.1, 0.15) is 56.2 Å². The number of rotatable bonds is 5. The second kappa shape index (κ2) is 10.2. The summed E-state index contributed by atoms with van der Waals surface area (Å²) in [5.74, 6) is 0.216. The van der Waals surface area contributed by atoms with E-state index in [1.807, 2.05) is 55.1 Å². The maximum atomic E-state index is 13.2. The number of halogens is 1. The average Bonchev–Trinajstić information content (AvgIpc) is 3.22. The number of carbonyl (C=O) groups excluding carboxylic acids is 2. The van der Waals surface area contributed by atoms with Gasteiger partial charge in [0.05, 0.1) is 0 Å². The Labute approximate surface area is 194 Å². The second-order valence-electron chi connectivity index (χ2n) is 8.49. The highest BCUT2D eigenvalue weighted by molar-refractivity contribution is 6.30. The Kier molecular flexibility index (Phi) is 7.62. The predicted molar refractivity (Wildman–Crippen MR) is 129 cm³/mol. The third-order valence-electron chi connectivity index (χ3n) is 6.02. The van der Waals surface area contributed by atoms with Gasteiger partial charge in [-0.15, -0.1) is 0 Å². The lowest BCUT2D eigenvalue weighted by Crippen LogP contribution is -2.52. The van der Waals surface area contributed by atoms with E-state index in [2.05, 4.69) is 17.4 Å². The molecule has 1 saturated heterocycles. The Morgan fingerprint density at radius 1 is 1.06 bits per heavy atom. The first-order valence-corrected chi connectivity index (χ1v) is 11.1. The van der Waals surface area contributed by atoms with E-state index in [0.29, 0.717) is 24.6 Å². The van der Waals surface area contributed by atoms with Crippen molar-refractivity contribution in [2.45, 2.75) is 46.1 Å². The van der Waals surface area contributed by atoms with Crippen LogP contribution in [0.4, 0.5) is 0 Å². The summed E-state index contributed by atoms with van der Waals surface area (Å²) < 4.78 is 5.66. The van der Waals surface area contributed by atoms with Gasteiger partial charge in [-0.3, -0.25) is 9.59 Å². The van der Waals surface area contributed by atoms with Gasteiger partial charge < -0.3 is 14.6 Å². The normalized spacial score (nSPS) is 15.4. The van der Waals surface area contributed by atoms with Crippen molar-refractivity contribution in [3.05, 3.63) is 70.9 Å². The molecule has 2 aromatic carbocycles. The number of hydrogen-bond acceptors (Lipinski definition) is 3. The molecule has 2 amide bonds. The fourth-order valence-electron chi connectivity index (χ4n) is 4.18. The van der Waals surface area contributed by atoms with Crippen molar-refractivity contribution < 1.29 is 14.0 Å². The number of carbonyl (C=O) groups is 2. The fourth-order valence-corrected chi connectivity index (χ4v) is 4.31. The minimum atomic E-state index is -0.590. The number of fused-ring (bicyclic) bond motifs is 1. The largest absolute Gasteiger partial charge is 0.451 e. The lowest BCUT2D eigenvalue weighted by Gasteiger charge is -2.35. The highest BCUT2D eigenvalue weighted by Crippen LogP contribution is 2.29. The number of furan rings is 1. The molecule has 0 radical (unpaired) electrons. The van der Waals surface area contributed by atoms with E-state index in [-0.39, 0.29) is 30.9 Å². The van der Waals surface area contributed by atoms with Gasteiger partial charge >= 0.3 is 0 Å². The number of para-hydroxylation sites is 1. The Balaban J connectivity index is 0.00000289. The number of piperidine rings is 1.